The number of benzene rings is 2. The van der Waals surface area contributed by atoms with Crippen molar-refractivity contribution >= 4 is 0 Å². The van der Waals surface area contributed by atoms with Crippen LogP contribution in [0.2, 0.25) is 0 Å². The SMILES string of the molecule is CC(C)(c1ccc(OC#N)cc1)c1ccc(OC#N)cc1.N#CO. The van der Waals surface area contributed by atoms with Gasteiger partial charge in [0.25, 0.3) is 18.8 Å². The molecule has 0 aliphatic heterocycles. The third kappa shape index (κ3) is 4.66. The Morgan fingerprint density at radius 1 is 0.750 bits per heavy atom. The zero-order valence-corrected chi connectivity index (χ0v) is 13.2. The van der Waals surface area contributed by atoms with E-state index < -0.39 is 0 Å². The third-order valence-corrected chi connectivity index (χ3v) is 3.48. The molecule has 2 rings (SSSR count). The van der Waals surface area contributed by atoms with E-state index in [1.165, 1.54) is 0 Å². The van der Waals surface area contributed by atoms with E-state index in [2.05, 4.69) is 13.8 Å². The van der Waals surface area contributed by atoms with E-state index in [0.717, 1.165) is 17.4 Å². The lowest BCUT2D eigenvalue weighted by Crippen LogP contribution is -2.18. The second kappa shape index (κ2) is 8.68. The van der Waals surface area contributed by atoms with Crippen LogP contribution in [0.5, 0.6) is 11.5 Å². The molecule has 6 heteroatoms. The van der Waals surface area contributed by atoms with Crippen LogP contribution in [0.25, 0.3) is 0 Å². The molecular formula is C18H15N3O3. The van der Waals surface area contributed by atoms with E-state index in [9.17, 15) is 0 Å². The lowest BCUT2D eigenvalue weighted by molar-refractivity contribution is 0.503. The Hall–Kier alpha value is -3.69. The molecule has 0 radical (unpaired) electrons. The van der Waals surface area contributed by atoms with Crippen LogP contribution in [-0.2, 0) is 5.41 Å². The molecule has 0 saturated carbocycles. The fourth-order valence-electron chi connectivity index (χ4n) is 2.15. The topological polar surface area (TPSA) is 110 Å². The molecule has 0 atom stereocenters. The Balaban J connectivity index is 0.000000891. The summed E-state index contributed by atoms with van der Waals surface area (Å²) in [7, 11) is 0. The lowest BCUT2D eigenvalue weighted by atomic mass is 9.78. The highest BCUT2D eigenvalue weighted by molar-refractivity contribution is 5.42. The lowest BCUT2D eigenvalue weighted by Gasteiger charge is -2.26. The van der Waals surface area contributed by atoms with Gasteiger partial charge in [0.1, 0.15) is 11.5 Å². The van der Waals surface area contributed by atoms with Crippen molar-refractivity contribution < 1.29 is 14.6 Å². The van der Waals surface area contributed by atoms with Gasteiger partial charge in [-0.1, -0.05) is 38.1 Å². The number of hydrogen-bond acceptors (Lipinski definition) is 6. The van der Waals surface area contributed by atoms with Crippen LogP contribution in [0.15, 0.2) is 48.5 Å². The summed E-state index contributed by atoms with van der Waals surface area (Å²) in [6, 6.07) is 14.8. The number of aliphatic hydroxyl groups excluding tert-OH is 1. The van der Waals surface area contributed by atoms with Crippen LogP contribution < -0.4 is 9.47 Å². The first kappa shape index (κ1) is 18.4. The second-order valence-corrected chi connectivity index (χ2v) is 5.16. The van der Waals surface area contributed by atoms with Crippen molar-refractivity contribution in [1.82, 2.24) is 0 Å². The van der Waals surface area contributed by atoms with Crippen molar-refractivity contribution in [3.63, 3.8) is 0 Å². The number of hydrogen-bond donors (Lipinski definition) is 1. The van der Waals surface area contributed by atoms with E-state index in [0.29, 0.717) is 11.5 Å². The Labute approximate surface area is 140 Å². The molecule has 0 bridgehead atoms. The summed E-state index contributed by atoms with van der Waals surface area (Å²) in [6.07, 6.45) is 4.05. The first-order chi connectivity index (χ1) is 11.5. The van der Waals surface area contributed by atoms with E-state index in [1.807, 2.05) is 24.3 Å². The maximum atomic E-state index is 8.49. The van der Waals surface area contributed by atoms with Gasteiger partial charge in [-0.15, -0.1) is 10.5 Å². The molecule has 2 aromatic carbocycles. The van der Waals surface area contributed by atoms with Gasteiger partial charge in [-0.05, 0) is 35.4 Å². The summed E-state index contributed by atoms with van der Waals surface area (Å²) in [5.41, 5.74) is 1.99. The van der Waals surface area contributed by atoms with Gasteiger partial charge in [-0.3, -0.25) is 0 Å². The predicted molar refractivity (Wildman–Crippen MR) is 85.0 cm³/mol. The normalized spacial score (nSPS) is 9.29. The summed E-state index contributed by atoms with van der Waals surface area (Å²) in [6.45, 7) is 4.21. The molecule has 0 saturated heterocycles. The highest BCUT2D eigenvalue weighted by atomic mass is 16.5. The van der Waals surface area contributed by atoms with Crippen molar-refractivity contribution in [2.75, 3.05) is 0 Å². The number of nitrogens with zero attached hydrogens (tertiary/aromatic N) is 3. The molecule has 0 fully saturated rings. The van der Waals surface area contributed by atoms with Crippen molar-refractivity contribution in [2.24, 2.45) is 0 Å². The molecule has 0 spiro atoms. The Kier molecular flexibility index (Phi) is 6.64. The third-order valence-electron chi connectivity index (χ3n) is 3.48. The van der Waals surface area contributed by atoms with Crippen molar-refractivity contribution in [3.05, 3.63) is 59.7 Å². The van der Waals surface area contributed by atoms with E-state index >= 15 is 0 Å². The summed E-state index contributed by atoms with van der Waals surface area (Å²) >= 11 is 0. The Bertz CT molecular complexity index is 715. The van der Waals surface area contributed by atoms with Crippen LogP contribution in [0.1, 0.15) is 25.0 Å². The minimum Gasteiger partial charge on any atom is -0.443 e. The number of nitriles is 3. The molecule has 6 nitrogen and oxygen atoms in total. The van der Waals surface area contributed by atoms with E-state index in [-0.39, 0.29) is 5.41 Å². The summed E-state index contributed by atoms with van der Waals surface area (Å²) < 4.78 is 9.56. The van der Waals surface area contributed by atoms with Crippen molar-refractivity contribution in [1.29, 1.82) is 15.8 Å². The van der Waals surface area contributed by atoms with Gasteiger partial charge < -0.3 is 14.6 Å². The summed E-state index contributed by atoms with van der Waals surface area (Å²) in [5.74, 6) is 1.05. The second-order valence-electron chi connectivity index (χ2n) is 5.16. The highest BCUT2D eigenvalue weighted by Gasteiger charge is 2.23. The first-order valence-corrected chi connectivity index (χ1v) is 6.85. The fraction of sp³-hybridized carbons (Fsp3) is 0.167. The molecule has 0 amide bonds. The molecule has 2 aromatic rings. The minimum atomic E-state index is -0.212. The van der Waals surface area contributed by atoms with Gasteiger partial charge in [-0.25, -0.2) is 0 Å². The molecule has 24 heavy (non-hydrogen) atoms. The van der Waals surface area contributed by atoms with Crippen LogP contribution in [0.4, 0.5) is 0 Å². The van der Waals surface area contributed by atoms with Gasteiger partial charge in [0.15, 0.2) is 0 Å². The molecule has 120 valence electrons. The van der Waals surface area contributed by atoms with Gasteiger partial charge in [-0.2, -0.15) is 5.26 Å². The molecular weight excluding hydrogens is 306 g/mol. The van der Waals surface area contributed by atoms with E-state index in [4.69, 9.17) is 30.4 Å². The number of rotatable bonds is 4. The smallest absolute Gasteiger partial charge is 0.292 e. The van der Waals surface area contributed by atoms with Gasteiger partial charge in [0.05, 0.1) is 0 Å². The average molecular weight is 321 g/mol. The molecule has 0 unspecified atom stereocenters. The maximum absolute atomic E-state index is 8.49. The van der Waals surface area contributed by atoms with Crippen molar-refractivity contribution in [3.8, 4) is 30.3 Å². The Morgan fingerprint density at radius 3 is 1.29 bits per heavy atom. The largest absolute Gasteiger partial charge is 0.443 e. The average Bonchev–Trinajstić information content (AvgIpc) is 2.57. The van der Waals surface area contributed by atoms with Gasteiger partial charge in [0, 0.05) is 5.41 Å². The molecule has 0 aromatic heterocycles. The summed E-state index contributed by atoms with van der Waals surface area (Å²) in [5, 5.41) is 30.7. The molecule has 1 N–H and O–H groups in total. The maximum Gasteiger partial charge on any atom is 0.292 e. The van der Waals surface area contributed by atoms with Crippen LogP contribution in [0, 0.1) is 34.6 Å². The van der Waals surface area contributed by atoms with Crippen LogP contribution in [0.3, 0.4) is 0 Å². The highest BCUT2D eigenvalue weighted by Crippen LogP contribution is 2.33. The van der Waals surface area contributed by atoms with Crippen molar-refractivity contribution in [2.45, 2.75) is 19.3 Å². The summed E-state index contributed by atoms with van der Waals surface area (Å²) in [4.78, 5) is 0. The monoisotopic (exact) mass is 321 g/mol. The minimum absolute atomic E-state index is 0.212. The zero-order chi connectivity index (χ0) is 18.0. The molecule has 0 aliphatic carbocycles. The molecule has 0 heterocycles. The standard InChI is InChI=1S/C17H14N2O2.CHNO/c1-17(2,13-3-7-15(8-4-13)20-11-18)14-5-9-16(10-6-14)21-12-19;2-1-3/h3-10H,1-2H3;3H. The fourth-order valence-corrected chi connectivity index (χ4v) is 2.15. The molecule has 0 aliphatic rings. The quantitative estimate of drug-likeness (QED) is 0.862. The first-order valence-electron chi connectivity index (χ1n) is 6.85. The van der Waals surface area contributed by atoms with Gasteiger partial charge in [0.2, 0.25) is 0 Å². The van der Waals surface area contributed by atoms with Crippen LogP contribution >= 0.6 is 0 Å². The van der Waals surface area contributed by atoms with Gasteiger partial charge >= 0.3 is 0 Å². The van der Waals surface area contributed by atoms with Crippen LogP contribution in [-0.4, -0.2) is 5.11 Å². The number of ether oxygens (including phenoxy) is 2. The Morgan fingerprint density at radius 2 is 1.04 bits per heavy atom. The van der Waals surface area contributed by atoms with E-state index in [1.54, 1.807) is 36.8 Å². The predicted octanol–water partition coefficient (Wildman–Crippen LogP) is 3.57. The zero-order valence-electron chi connectivity index (χ0n) is 13.2. The number of aliphatic hydroxyl groups is 1.